The molecule has 1 aromatic heterocycles. The number of hydrogen-bond acceptors (Lipinski definition) is 4. The summed E-state index contributed by atoms with van der Waals surface area (Å²) in [5, 5.41) is 1.79. The van der Waals surface area contributed by atoms with Crippen LogP contribution in [0.4, 0.5) is 0 Å². The van der Waals surface area contributed by atoms with Gasteiger partial charge in [0, 0.05) is 25.7 Å². The topological polar surface area (TPSA) is 49.4 Å². The van der Waals surface area contributed by atoms with Crippen molar-refractivity contribution in [3.8, 4) is 0 Å². The number of piperidine rings is 1. The van der Waals surface area contributed by atoms with E-state index in [1.54, 1.807) is 17.5 Å². The molecule has 1 fully saturated rings. The Balaban J connectivity index is 1.51. The van der Waals surface area contributed by atoms with E-state index >= 15 is 0 Å². The number of nitrogens with zero attached hydrogens (tertiary/aromatic N) is 1. The molecule has 26 heavy (non-hydrogen) atoms. The van der Waals surface area contributed by atoms with Crippen molar-refractivity contribution in [3.05, 3.63) is 52.9 Å². The molecule has 0 unspecified atom stereocenters. The predicted octanol–water partition coefficient (Wildman–Crippen LogP) is 3.99. The van der Waals surface area contributed by atoms with Gasteiger partial charge in [0.1, 0.15) is 4.21 Å². The monoisotopic (exact) mass is 392 g/mol. The van der Waals surface area contributed by atoms with Gasteiger partial charge in [0.2, 0.25) is 10.0 Å². The summed E-state index contributed by atoms with van der Waals surface area (Å²) in [5.41, 5.74) is 2.84. The highest BCUT2D eigenvalue weighted by molar-refractivity contribution is 7.91. The largest absolute Gasteiger partial charge is 0.299 e. The third-order valence-corrected chi connectivity index (χ3v) is 7.81. The van der Waals surface area contributed by atoms with Crippen molar-refractivity contribution >= 4 is 21.4 Å². The maximum atomic E-state index is 12.3. The first kappa shape index (κ1) is 19.5. The Hall–Kier alpha value is -1.21. The van der Waals surface area contributed by atoms with E-state index in [0.717, 1.165) is 32.5 Å². The first-order valence-electron chi connectivity index (χ1n) is 9.12. The molecule has 0 spiro atoms. The van der Waals surface area contributed by atoms with Crippen molar-refractivity contribution in [2.24, 2.45) is 0 Å². The van der Waals surface area contributed by atoms with Gasteiger partial charge in [-0.2, -0.15) is 0 Å². The van der Waals surface area contributed by atoms with Gasteiger partial charge in [-0.1, -0.05) is 51.1 Å². The summed E-state index contributed by atoms with van der Waals surface area (Å²) in [7, 11) is -3.36. The van der Waals surface area contributed by atoms with E-state index in [-0.39, 0.29) is 11.5 Å². The fraction of sp³-hybridized carbons (Fsp3) is 0.500. The third-order valence-electron chi connectivity index (χ3n) is 4.90. The third kappa shape index (κ3) is 4.94. The number of sulfonamides is 1. The molecule has 0 amide bonds. The molecule has 1 N–H and O–H groups in total. The molecular weight excluding hydrogens is 364 g/mol. The van der Waals surface area contributed by atoms with E-state index in [9.17, 15) is 8.42 Å². The molecule has 6 heteroatoms. The predicted molar refractivity (Wildman–Crippen MR) is 108 cm³/mol. The summed E-state index contributed by atoms with van der Waals surface area (Å²) in [6.07, 6.45) is 1.70. The second kappa shape index (κ2) is 7.80. The molecule has 1 aliphatic rings. The minimum atomic E-state index is -3.36. The molecule has 0 aliphatic carbocycles. The lowest BCUT2D eigenvalue weighted by atomic mass is 9.86. The van der Waals surface area contributed by atoms with Gasteiger partial charge in [0.25, 0.3) is 0 Å². The standard InChI is InChI=1S/C20H28N2O2S2/c1-20(2,3)17-8-6-16(7-9-17)15-22-12-10-18(11-13-22)21-26(23,24)19-5-4-14-25-19/h4-9,14,18,21H,10-13,15H2,1-3H3. The Morgan fingerprint density at radius 2 is 1.77 bits per heavy atom. The lowest BCUT2D eigenvalue weighted by Gasteiger charge is -2.32. The summed E-state index contributed by atoms with van der Waals surface area (Å²) in [4.78, 5) is 2.40. The van der Waals surface area contributed by atoms with Crippen molar-refractivity contribution in [1.82, 2.24) is 9.62 Å². The first-order chi connectivity index (χ1) is 12.2. The van der Waals surface area contributed by atoms with Crippen molar-refractivity contribution in [2.45, 2.75) is 55.8 Å². The van der Waals surface area contributed by atoms with Gasteiger partial charge in [-0.15, -0.1) is 11.3 Å². The molecule has 0 atom stereocenters. The number of likely N-dealkylation sites (tertiary alicyclic amines) is 1. The van der Waals surface area contributed by atoms with Gasteiger partial charge >= 0.3 is 0 Å². The van der Waals surface area contributed by atoms with E-state index in [0.29, 0.717) is 4.21 Å². The molecule has 0 radical (unpaired) electrons. The van der Waals surface area contributed by atoms with E-state index in [2.05, 4.69) is 54.7 Å². The molecule has 1 aliphatic heterocycles. The van der Waals surface area contributed by atoms with Crippen LogP contribution >= 0.6 is 11.3 Å². The molecule has 0 saturated carbocycles. The van der Waals surface area contributed by atoms with Gasteiger partial charge in [0.15, 0.2) is 0 Å². The van der Waals surface area contributed by atoms with Gasteiger partial charge in [-0.05, 0) is 40.8 Å². The minimum Gasteiger partial charge on any atom is -0.299 e. The van der Waals surface area contributed by atoms with Crippen LogP contribution in [0.3, 0.4) is 0 Å². The Labute approximate surface area is 161 Å². The average Bonchev–Trinajstić information content (AvgIpc) is 3.12. The molecule has 2 aromatic rings. The van der Waals surface area contributed by atoms with Gasteiger partial charge in [0.05, 0.1) is 0 Å². The smallest absolute Gasteiger partial charge is 0.250 e. The highest BCUT2D eigenvalue weighted by Crippen LogP contribution is 2.23. The van der Waals surface area contributed by atoms with Crippen molar-refractivity contribution in [2.75, 3.05) is 13.1 Å². The van der Waals surface area contributed by atoms with Crippen molar-refractivity contribution in [1.29, 1.82) is 0 Å². The molecule has 4 nitrogen and oxygen atoms in total. The summed E-state index contributed by atoms with van der Waals surface area (Å²) >= 11 is 1.26. The van der Waals surface area contributed by atoms with Crippen LogP contribution in [0.2, 0.25) is 0 Å². The minimum absolute atomic E-state index is 0.0293. The quantitative estimate of drug-likeness (QED) is 0.837. The average molecular weight is 393 g/mol. The molecule has 2 heterocycles. The van der Waals surface area contributed by atoms with Crippen LogP contribution in [0.1, 0.15) is 44.7 Å². The highest BCUT2D eigenvalue weighted by Gasteiger charge is 2.25. The summed E-state index contributed by atoms with van der Waals surface area (Å²) in [5.74, 6) is 0. The van der Waals surface area contributed by atoms with Crippen LogP contribution in [0.15, 0.2) is 46.0 Å². The van der Waals surface area contributed by atoms with Gasteiger partial charge in [-0.3, -0.25) is 4.90 Å². The van der Waals surface area contributed by atoms with Crippen LogP contribution < -0.4 is 4.72 Å². The molecule has 1 aromatic carbocycles. The summed E-state index contributed by atoms with van der Waals surface area (Å²) in [6, 6.07) is 12.3. The molecule has 1 saturated heterocycles. The zero-order valence-corrected chi connectivity index (χ0v) is 17.4. The van der Waals surface area contributed by atoms with Gasteiger partial charge < -0.3 is 0 Å². The van der Waals surface area contributed by atoms with Crippen LogP contribution in [0.5, 0.6) is 0 Å². The Morgan fingerprint density at radius 3 is 2.31 bits per heavy atom. The van der Waals surface area contributed by atoms with Crippen LogP contribution in [-0.4, -0.2) is 32.4 Å². The fourth-order valence-corrected chi connectivity index (χ4v) is 5.59. The highest BCUT2D eigenvalue weighted by atomic mass is 32.2. The Kier molecular flexibility index (Phi) is 5.87. The zero-order valence-electron chi connectivity index (χ0n) is 15.7. The lowest BCUT2D eigenvalue weighted by Crippen LogP contribution is -2.44. The van der Waals surface area contributed by atoms with E-state index in [4.69, 9.17) is 0 Å². The maximum Gasteiger partial charge on any atom is 0.250 e. The lowest BCUT2D eigenvalue weighted by molar-refractivity contribution is 0.200. The molecule has 3 rings (SSSR count). The normalized spacial score (nSPS) is 17.5. The zero-order chi connectivity index (χ0) is 18.8. The number of nitrogens with one attached hydrogen (secondary N) is 1. The molecular formula is C20H28N2O2S2. The Morgan fingerprint density at radius 1 is 1.12 bits per heavy atom. The molecule has 142 valence electrons. The second-order valence-corrected chi connectivity index (χ2v) is 10.9. The van der Waals surface area contributed by atoms with E-state index < -0.39 is 10.0 Å². The summed E-state index contributed by atoms with van der Waals surface area (Å²) in [6.45, 7) is 9.43. The number of thiophene rings is 1. The number of rotatable bonds is 5. The van der Waals surface area contributed by atoms with Crippen LogP contribution in [0, 0.1) is 0 Å². The second-order valence-electron chi connectivity index (χ2n) is 8.05. The molecule has 0 bridgehead atoms. The maximum absolute atomic E-state index is 12.3. The first-order valence-corrected chi connectivity index (χ1v) is 11.5. The Bertz CT molecular complexity index is 798. The van der Waals surface area contributed by atoms with Crippen LogP contribution in [0.25, 0.3) is 0 Å². The number of benzene rings is 1. The van der Waals surface area contributed by atoms with Crippen LogP contribution in [-0.2, 0) is 22.0 Å². The SMILES string of the molecule is CC(C)(C)c1ccc(CN2CCC(NS(=O)(=O)c3cccs3)CC2)cc1. The fourth-order valence-electron chi connectivity index (χ4n) is 3.27. The van der Waals surface area contributed by atoms with E-state index in [1.165, 1.54) is 22.5 Å². The van der Waals surface area contributed by atoms with Crippen molar-refractivity contribution in [3.63, 3.8) is 0 Å². The van der Waals surface area contributed by atoms with E-state index in [1.807, 2.05) is 0 Å². The number of hydrogen-bond donors (Lipinski definition) is 1. The summed E-state index contributed by atoms with van der Waals surface area (Å²) < 4.78 is 27.9. The van der Waals surface area contributed by atoms with Gasteiger partial charge in [-0.25, -0.2) is 13.1 Å². The van der Waals surface area contributed by atoms with Crippen molar-refractivity contribution < 1.29 is 8.42 Å².